The van der Waals surface area contributed by atoms with Gasteiger partial charge in [0.05, 0.1) is 11.6 Å². The smallest absolute Gasteiger partial charge is 0.302 e. The molecule has 212 valence electrons. The van der Waals surface area contributed by atoms with Gasteiger partial charge in [-0.3, -0.25) is 9.69 Å². The highest BCUT2D eigenvalue weighted by Gasteiger charge is 2.64. The highest BCUT2D eigenvalue weighted by molar-refractivity contribution is 5.74. The van der Waals surface area contributed by atoms with E-state index in [0.717, 1.165) is 41.8 Å². The normalized spacial score (nSPS) is 43.0. The van der Waals surface area contributed by atoms with Crippen LogP contribution in [0.4, 0.5) is 0 Å². The van der Waals surface area contributed by atoms with E-state index < -0.39 is 0 Å². The molecule has 4 unspecified atom stereocenters. The minimum absolute atomic E-state index is 0.00914. The molecule has 0 amide bonds. The number of carbonyl (C=O) groups excluding carboxylic acids is 1. The Hall–Kier alpha value is -1.99. The number of likely N-dealkylation sites (N-methyl/N-ethyl adjacent to an activating group) is 1. The number of esters is 1. The van der Waals surface area contributed by atoms with Crippen molar-refractivity contribution in [2.45, 2.75) is 90.3 Å². The summed E-state index contributed by atoms with van der Waals surface area (Å²) in [6.07, 6.45) is 10.1. The number of rotatable bonds is 3. The van der Waals surface area contributed by atoms with Gasteiger partial charge < -0.3 is 9.64 Å². The van der Waals surface area contributed by atoms with Crippen LogP contribution in [0.5, 0.6) is 0 Å². The summed E-state index contributed by atoms with van der Waals surface area (Å²) < 4.78 is 8.33. The number of carbonyl (C=O) groups is 1. The number of ether oxygens (including phenoxy) is 1. The monoisotopic (exact) mass is 533 g/mol. The minimum atomic E-state index is -0.170. The Morgan fingerprint density at radius 1 is 0.949 bits per heavy atom. The first-order valence-corrected chi connectivity index (χ1v) is 15.7. The fourth-order valence-electron chi connectivity index (χ4n) is 10.5. The standard InChI is InChI=1S/C32H47N5O2/c1-21(38)39-30-29(37-28-8-6-5-7-27(28)33-34-37)20-26-24-10-9-22-19-23(36-17-15-35(4)16-18-36)11-13-31(22,2)25(24)12-14-32(26,30)3/h5-8,22-26,29-30H,9-20H2,1-4H3/t22?,23-,24?,25?,26?,29-,30-,31-,32-/m0/s1. The number of piperazine rings is 1. The number of aromatic nitrogens is 3. The van der Waals surface area contributed by atoms with Crippen molar-refractivity contribution in [2.75, 3.05) is 33.2 Å². The minimum Gasteiger partial charge on any atom is -0.460 e. The zero-order valence-corrected chi connectivity index (χ0v) is 24.4. The largest absolute Gasteiger partial charge is 0.460 e. The predicted octanol–water partition coefficient (Wildman–Crippen LogP) is 5.17. The third-order valence-electron chi connectivity index (χ3n) is 12.6. The van der Waals surface area contributed by atoms with Gasteiger partial charge in [0.1, 0.15) is 11.6 Å². The zero-order chi connectivity index (χ0) is 26.9. The lowest BCUT2D eigenvalue weighted by molar-refractivity contribution is -0.164. The number of hydrogen-bond donors (Lipinski definition) is 0. The number of benzene rings is 1. The first-order valence-electron chi connectivity index (χ1n) is 15.7. The van der Waals surface area contributed by atoms with Gasteiger partial charge in [-0.25, -0.2) is 4.68 Å². The summed E-state index contributed by atoms with van der Waals surface area (Å²) in [6.45, 7) is 11.6. The molecule has 2 aromatic rings. The number of para-hydroxylation sites is 1. The van der Waals surface area contributed by atoms with E-state index in [2.05, 4.69) is 57.8 Å². The van der Waals surface area contributed by atoms with Gasteiger partial charge in [-0.05, 0) is 99.6 Å². The molecule has 0 spiro atoms. The van der Waals surface area contributed by atoms with Crippen LogP contribution in [0.3, 0.4) is 0 Å². The third-order valence-corrected chi connectivity index (χ3v) is 12.6. The predicted molar refractivity (Wildman–Crippen MR) is 152 cm³/mol. The molecule has 0 radical (unpaired) electrons. The zero-order valence-electron chi connectivity index (χ0n) is 24.4. The molecule has 0 bridgehead atoms. The molecule has 5 fully saturated rings. The topological polar surface area (TPSA) is 63.5 Å². The van der Waals surface area contributed by atoms with Gasteiger partial charge in [0, 0.05) is 44.6 Å². The second kappa shape index (κ2) is 9.54. The quantitative estimate of drug-likeness (QED) is 0.507. The summed E-state index contributed by atoms with van der Waals surface area (Å²) in [5.74, 6) is 2.73. The van der Waals surface area contributed by atoms with Crippen LogP contribution in [-0.4, -0.2) is 76.1 Å². The van der Waals surface area contributed by atoms with Crippen molar-refractivity contribution in [3.8, 4) is 0 Å². The van der Waals surface area contributed by atoms with Gasteiger partial charge in [0.15, 0.2) is 0 Å². The van der Waals surface area contributed by atoms with Crippen LogP contribution in [0.2, 0.25) is 0 Å². The van der Waals surface area contributed by atoms with E-state index in [4.69, 9.17) is 4.74 Å². The first kappa shape index (κ1) is 25.9. The number of fused-ring (bicyclic) bond motifs is 6. The highest BCUT2D eigenvalue weighted by atomic mass is 16.5. The molecular formula is C32H47N5O2. The summed E-state index contributed by atoms with van der Waals surface area (Å²) >= 11 is 0. The van der Waals surface area contributed by atoms with E-state index in [-0.39, 0.29) is 23.5 Å². The van der Waals surface area contributed by atoms with Crippen molar-refractivity contribution < 1.29 is 9.53 Å². The summed E-state index contributed by atoms with van der Waals surface area (Å²) in [6, 6.07) is 9.05. The lowest BCUT2D eigenvalue weighted by Gasteiger charge is -2.61. The molecule has 1 aromatic heterocycles. The fraction of sp³-hybridized carbons (Fsp3) is 0.781. The Morgan fingerprint density at radius 3 is 2.51 bits per heavy atom. The summed E-state index contributed by atoms with van der Waals surface area (Å²) in [5.41, 5.74) is 2.41. The van der Waals surface area contributed by atoms with Gasteiger partial charge >= 0.3 is 5.97 Å². The Labute approximate surface area is 233 Å². The maximum absolute atomic E-state index is 12.4. The Morgan fingerprint density at radius 2 is 1.72 bits per heavy atom. The van der Waals surface area contributed by atoms with E-state index in [9.17, 15) is 4.79 Å². The van der Waals surface area contributed by atoms with Crippen LogP contribution in [0.25, 0.3) is 11.0 Å². The van der Waals surface area contributed by atoms with Gasteiger partial charge in [-0.1, -0.05) is 31.2 Å². The molecule has 7 rings (SSSR count). The molecule has 0 N–H and O–H groups in total. The molecule has 7 nitrogen and oxygen atoms in total. The van der Waals surface area contributed by atoms with E-state index in [1.807, 2.05) is 12.1 Å². The van der Waals surface area contributed by atoms with Gasteiger partial charge in [0.2, 0.25) is 0 Å². The van der Waals surface area contributed by atoms with Crippen LogP contribution in [0, 0.1) is 34.5 Å². The molecule has 9 atom stereocenters. The average molecular weight is 534 g/mol. The van der Waals surface area contributed by atoms with Crippen LogP contribution >= 0.6 is 0 Å². The lowest BCUT2D eigenvalue weighted by atomic mass is 9.45. The Bertz CT molecular complexity index is 1220. The van der Waals surface area contributed by atoms with Gasteiger partial charge in [-0.2, -0.15) is 0 Å². The van der Waals surface area contributed by atoms with E-state index in [1.165, 1.54) is 64.7 Å². The van der Waals surface area contributed by atoms with E-state index in [1.54, 1.807) is 6.92 Å². The highest BCUT2D eigenvalue weighted by Crippen LogP contribution is 2.68. The fourth-order valence-corrected chi connectivity index (χ4v) is 10.5. The van der Waals surface area contributed by atoms with Crippen molar-refractivity contribution in [3.05, 3.63) is 24.3 Å². The van der Waals surface area contributed by atoms with Crippen molar-refractivity contribution in [3.63, 3.8) is 0 Å². The van der Waals surface area contributed by atoms with Crippen LogP contribution in [-0.2, 0) is 9.53 Å². The molecule has 1 aromatic carbocycles. The molecule has 39 heavy (non-hydrogen) atoms. The molecular weight excluding hydrogens is 486 g/mol. The van der Waals surface area contributed by atoms with Crippen molar-refractivity contribution in [1.82, 2.24) is 24.8 Å². The molecule has 4 aliphatic carbocycles. The molecule has 1 saturated heterocycles. The van der Waals surface area contributed by atoms with Gasteiger partial charge in [-0.15, -0.1) is 5.10 Å². The SMILES string of the molecule is CC(=O)O[C@H]1[C@@H](n2nnc3ccccc32)CC2C3CCC4C[C@@H](N5CCN(C)CC5)CC[C@]4(C)C3CC[C@@]21C. The summed E-state index contributed by atoms with van der Waals surface area (Å²) in [7, 11) is 2.26. The maximum Gasteiger partial charge on any atom is 0.302 e. The molecule has 4 saturated carbocycles. The summed E-state index contributed by atoms with van der Waals surface area (Å²) in [5, 5.41) is 9.11. The molecule has 5 aliphatic rings. The third kappa shape index (κ3) is 4.08. The van der Waals surface area contributed by atoms with E-state index >= 15 is 0 Å². The lowest BCUT2D eigenvalue weighted by Crippen LogP contribution is -2.57. The first-order chi connectivity index (χ1) is 18.8. The Balaban J connectivity index is 1.15. The van der Waals surface area contributed by atoms with E-state index in [0.29, 0.717) is 17.3 Å². The van der Waals surface area contributed by atoms with Crippen LogP contribution < -0.4 is 0 Å². The number of nitrogens with zero attached hydrogens (tertiary/aromatic N) is 5. The van der Waals surface area contributed by atoms with Crippen molar-refractivity contribution in [1.29, 1.82) is 0 Å². The summed E-state index contributed by atoms with van der Waals surface area (Å²) in [4.78, 5) is 17.7. The average Bonchev–Trinajstić information content (AvgIpc) is 3.47. The molecule has 7 heteroatoms. The number of hydrogen-bond acceptors (Lipinski definition) is 6. The second-order valence-electron chi connectivity index (χ2n) is 14.3. The molecule has 2 heterocycles. The van der Waals surface area contributed by atoms with Crippen LogP contribution in [0.15, 0.2) is 24.3 Å². The van der Waals surface area contributed by atoms with Crippen molar-refractivity contribution >= 4 is 17.0 Å². The maximum atomic E-state index is 12.4. The van der Waals surface area contributed by atoms with Crippen molar-refractivity contribution in [2.24, 2.45) is 34.5 Å². The second-order valence-corrected chi connectivity index (χ2v) is 14.3. The van der Waals surface area contributed by atoms with Crippen LogP contribution in [0.1, 0.15) is 78.2 Å². The van der Waals surface area contributed by atoms with Gasteiger partial charge in [0.25, 0.3) is 0 Å². The Kier molecular flexibility index (Phi) is 6.35. The molecule has 1 aliphatic heterocycles.